The third-order valence-corrected chi connectivity index (χ3v) is 3.15. The Labute approximate surface area is 174 Å². The summed E-state index contributed by atoms with van der Waals surface area (Å²) in [5.74, 6) is -27.6. The first-order valence-corrected chi connectivity index (χ1v) is 7.07. The van der Waals surface area contributed by atoms with Gasteiger partial charge in [0.15, 0.2) is 22.8 Å². The summed E-state index contributed by atoms with van der Waals surface area (Å²) < 4.78 is 281. The number of halogens is 22. The van der Waals surface area contributed by atoms with E-state index in [0.29, 0.717) is 0 Å². The number of alkyl halides is 20. The zero-order valence-electron chi connectivity index (χ0n) is 14.7. The summed E-state index contributed by atoms with van der Waals surface area (Å²) in [5, 5.41) is 0. The van der Waals surface area contributed by atoms with Crippen LogP contribution in [0.4, 0.5) is 96.6 Å². The minimum absolute atomic E-state index is 1.37. The Morgan fingerprint density at radius 2 is 0.514 bits per heavy atom. The molecule has 35 heavy (non-hydrogen) atoms. The molecule has 23 heteroatoms. The lowest BCUT2D eigenvalue weighted by atomic mass is 10.1. The van der Waals surface area contributed by atoms with Crippen LogP contribution in [0.1, 0.15) is 0 Å². The molecule has 0 radical (unpaired) electrons. The Bertz CT molecular complexity index is 737. The summed E-state index contributed by atoms with van der Waals surface area (Å²) in [6, 6.07) is 0. The lowest BCUT2D eigenvalue weighted by Gasteiger charge is -2.36. The molecule has 0 saturated heterocycles. The van der Waals surface area contributed by atoms with Gasteiger partial charge in [0.1, 0.15) is 0 Å². The van der Waals surface area contributed by atoms with E-state index in [1.807, 2.05) is 0 Å². The lowest BCUT2D eigenvalue weighted by molar-refractivity contribution is -0.419. The molecule has 1 nitrogen and oxygen atoms in total. The fourth-order valence-corrected chi connectivity index (χ4v) is 1.79. The molecule has 0 aliphatic rings. The summed E-state index contributed by atoms with van der Waals surface area (Å²) in [4.78, 5) is 0. The zero-order chi connectivity index (χ0) is 29.0. The van der Waals surface area contributed by atoms with Gasteiger partial charge in [0.2, 0.25) is 0 Å². The second-order valence-electron chi connectivity index (χ2n) is 5.66. The molecular formula is C12F22O. The Balaban J connectivity index is 7.84. The van der Waals surface area contributed by atoms with Gasteiger partial charge in [0, 0.05) is 0 Å². The molecule has 0 aromatic carbocycles. The fraction of sp³-hybridized carbons (Fsp3) is 0.667. The minimum atomic E-state index is -8.14. The first-order chi connectivity index (χ1) is 14.8. The van der Waals surface area contributed by atoms with Crippen molar-refractivity contribution in [1.82, 2.24) is 0 Å². The predicted octanol–water partition coefficient (Wildman–Crippen LogP) is 8.16. The Hall–Kier alpha value is -2.10. The monoisotopic (exact) mass is 578 g/mol. The molecule has 0 N–H and O–H groups in total. The normalized spacial score (nSPS) is 18.0. The van der Waals surface area contributed by atoms with Gasteiger partial charge in [0.25, 0.3) is 0 Å². The van der Waals surface area contributed by atoms with Gasteiger partial charge < -0.3 is 0 Å². The maximum absolute atomic E-state index is 14.0. The molecule has 0 amide bonds. The Morgan fingerprint density at radius 3 is 0.629 bits per heavy atom. The highest BCUT2D eigenvalue weighted by atomic mass is 19.4. The second-order valence-corrected chi connectivity index (χ2v) is 5.66. The van der Waals surface area contributed by atoms with Crippen molar-refractivity contribution < 1.29 is 101 Å². The van der Waals surface area contributed by atoms with Crippen LogP contribution in [0.5, 0.6) is 0 Å². The molecular weight excluding hydrogens is 578 g/mol. The summed E-state index contributed by atoms with van der Waals surface area (Å²) >= 11 is 0. The first-order valence-electron chi connectivity index (χ1n) is 7.07. The van der Waals surface area contributed by atoms with Crippen LogP contribution in [-0.4, -0.2) is 48.8 Å². The van der Waals surface area contributed by atoms with Crippen LogP contribution in [-0.2, 0) is 4.74 Å². The van der Waals surface area contributed by atoms with Gasteiger partial charge in [-0.15, -0.1) is 0 Å². The van der Waals surface area contributed by atoms with Crippen molar-refractivity contribution in [3.63, 3.8) is 0 Å². The Kier molecular flexibility index (Phi) is 8.25. The van der Waals surface area contributed by atoms with E-state index in [1.54, 1.807) is 0 Å². The summed E-state index contributed by atoms with van der Waals surface area (Å²) in [7, 11) is 0. The molecule has 0 saturated carbocycles. The number of hydrogen-bond donors (Lipinski definition) is 0. The maximum Gasteiger partial charge on any atom is 0.455 e. The average Bonchev–Trinajstić information content (AvgIpc) is 2.46. The van der Waals surface area contributed by atoms with E-state index in [0.717, 1.165) is 0 Å². The molecule has 0 fully saturated rings. The van der Waals surface area contributed by atoms with Gasteiger partial charge in [-0.1, -0.05) is 0 Å². The largest absolute Gasteiger partial charge is 0.455 e. The van der Waals surface area contributed by atoms with E-state index < -0.39 is 71.6 Å². The van der Waals surface area contributed by atoms with Crippen molar-refractivity contribution in [3.8, 4) is 0 Å². The summed E-state index contributed by atoms with van der Waals surface area (Å²) in [6.07, 6.45) is -46.4. The third-order valence-electron chi connectivity index (χ3n) is 3.15. The summed E-state index contributed by atoms with van der Waals surface area (Å²) in [5.41, 5.74) is -10.7. The van der Waals surface area contributed by atoms with E-state index >= 15 is 0 Å². The highest BCUT2D eigenvalue weighted by Gasteiger charge is 2.76. The molecule has 0 heterocycles. The smallest absolute Gasteiger partial charge is 0.283 e. The topological polar surface area (TPSA) is 9.23 Å². The predicted molar refractivity (Wildman–Crippen MR) is 61.4 cm³/mol. The number of rotatable bonds is 4. The van der Waals surface area contributed by atoms with Crippen LogP contribution in [0.2, 0.25) is 0 Å². The fourth-order valence-electron chi connectivity index (χ4n) is 1.79. The average molecular weight is 578 g/mol. The van der Waals surface area contributed by atoms with Crippen LogP contribution >= 0.6 is 0 Å². The Morgan fingerprint density at radius 1 is 0.343 bits per heavy atom. The van der Waals surface area contributed by atoms with Crippen molar-refractivity contribution >= 4 is 0 Å². The minimum Gasteiger partial charge on any atom is -0.283 e. The highest BCUT2D eigenvalue weighted by molar-refractivity contribution is 5.29. The van der Waals surface area contributed by atoms with Gasteiger partial charge in [-0.25, -0.2) is 8.78 Å². The molecule has 2 unspecified atom stereocenters. The third kappa shape index (κ3) is 6.57. The maximum atomic E-state index is 14.0. The van der Waals surface area contributed by atoms with E-state index in [1.165, 1.54) is 4.74 Å². The number of hydrogen-bond acceptors (Lipinski definition) is 1. The van der Waals surface area contributed by atoms with Gasteiger partial charge in [-0.2, -0.15) is 87.8 Å². The number of allylic oxidation sites excluding steroid dienone is 2. The SMILES string of the molecule is FC(=C(C(F)(F)F)C(F)(F)F)C(F)(OC(F)(C(F)=C(C(F)(F)F)C(F)(F)F)C(F)(F)F)C(F)(F)F. The van der Waals surface area contributed by atoms with Crippen LogP contribution in [0, 0.1) is 0 Å². The van der Waals surface area contributed by atoms with Gasteiger partial charge in [0.05, 0.1) is 0 Å². The van der Waals surface area contributed by atoms with Crippen LogP contribution < -0.4 is 0 Å². The first kappa shape index (κ1) is 32.9. The van der Waals surface area contributed by atoms with E-state index in [-0.39, 0.29) is 0 Å². The molecule has 0 aromatic heterocycles. The van der Waals surface area contributed by atoms with Crippen molar-refractivity contribution in [3.05, 3.63) is 22.8 Å². The standard InChI is InChI=1S/C12F22O/c13-3(1(7(17,18)19)8(20,21)22)5(15,11(29,30)31)35-6(16,12(32,33)34)4(14)2(9(23,24)25)10(26,27)28. The molecule has 0 bridgehead atoms. The summed E-state index contributed by atoms with van der Waals surface area (Å²) in [6.45, 7) is 0. The van der Waals surface area contributed by atoms with Crippen molar-refractivity contribution in [2.45, 2.75) is 48.8 Å². The van der Waals surface area contributed by atoms with Crippen LogP contribution in [0.3, 0.4) is 0 Å². The molecule has 2 atom stereocenters. The van der Waals surface area contributed by atoms with Gasteiger partial charge >= 0.3 is 48.8 Å². The molecule has 0 aliphatic heterocycles. The molecule has 0 spiro atoms. The zero-order valence-corrected chi connectivity index (χ0v) is 14.7. The van der Waals surface area contributed by atoms with E-state index in [2.05, 4.69) is 0 Å². The van der Waals surface area contributed by atoms with Crippen molar-refractivity contribution in [2.24, 2.45) is 0 Å². The molecule has 0 rings (SSSR count). The quantitative estimate of drug-likeness (QED) is 0.306. The van der Waals surface area contributed by atoms with E-state index in [4.69, 9.17) is 0 Å². The molecule has 0 aliphatic carbocycles. The van der Waals surface area contributed by atoms with Crippen molar-refractivity contribution in [1.29, 1.82) is 0 Å². The van der Waals surface area contributed by atoms with Gasteiger partial charge in [-0.05, 0) is 0 Å². The second kappa shape index (κ2) is 8.78. The molecule has 0 aromatic rings. The highest BCUT2D eigenvalue weighted by Crippen LogP contribution is 2.56. The van der Waals surface area contributed by atoms with Crippen LogP contribution in [0.15, 0.2) is 22.8 Å². The number of ether oxygens (including phenoxy) is 1. The van der Waals surface area contributed by atoms with Crippen molar-refractivity contribution in [2.75, 3.05) is 0 Å². The van der Waals surface area contributed by atoms with Crippen LogP contribution in [0.25, 0.3) is 0 Å². The van der Waals surface area contributed by atoms with Gasteiger partial charge in [-0.3, -0.25) is 4.74 Å². The lowest BCUT2D eigenvalue weighted by Crippen LogP contribution is -2.57. The molecule has 208 valence electrons. The van der Waals surface area contributed by atoms with E-state index in [9.17, 15) is 96.6 Å².